The van der Waals surface area contributed by atoms with Crippen LogP contribution in [0.1, 0.15) is 53.4 Å². The molecule has 4 nitrogen and oxygen atoms in total. The highest BCUT2D eigenvalue weighted by Gasteiger charge is 2.46. The smallest absolute Gasteiger partial charge is 0.244 e. The molecule has 1 amide bonds. The van der Waals surface area contributed by atoms with E-state index < -0.39 is 0 Å². The average molecular weight is 267 g/mol. The Morgan fingerprint density at radius 3 is 2.53 bits per heavy atom. The van der Waals surface area contributed by atoms with Crippen molar-refractivity contribution in [3.05, 3.63) is 0 Å². The predicted octanol–water partition coefficient (Wildman–Crippen LogP) is 1.81. The maximum absolute atomic E-state index is 12.6. The Morgan fingerprint density at radius 1 is 1.37 bits per heavy atom. The third kappa shape index (κ3) is 2.95. The Labute approximate surface area is 117 Å². The van der Waals surface area contributed by atoms with E-state index in [0.29, 0.717) is 6.04 Å². The van der Waals surface area contributed by atoms with Crippen molar-refractivity contribution in [1.82, 2.24) is 15.1 Å². The number of hydrogen-bond acceptors (Lipinski definition) is 3. The summed E-state index contributed by atoms with van der Waals surface area (Å²) in [6, 6.07) is 0.293. The second-order valence-electron chi connectivity index (χ2n) is 6.43. The number of carbonyl (C=O) groups excluding carboxylic acids is 1. The molecule has 0 saturated carbocycles. The number of likely N-dealkylation sites (tertiary alicyclic amines) is 1. The van der Waals surface area contributed by atoms with Crippen LogP contribution in [0.25, 0.3) is 0 Å². The van der Waals surface area contributed by atoms with E-state index >= 15 is 0 Å². The summed E-state index contributed by atoms with van der Waals surface area (Å²) < 4.78 is 0. The second kappa shape index (κ2) is 5.80. The summed E-state index contributed by atoms with van der Waals surface area (Å²) in [5.74, 6) is 0.270. The molecule has 4 heteroatoms. The van der Waals surface area contributed by atoms with Crippen molar-refractivity contribution in [3.63, 3.8) is 0 Å². The van der Waals surface area contributed by atoms with Gasteiger partial charge in [-0.2, -0.15) is 0 Å². The van der Waals surface area contributed by atoms with Crippen molar-refractivity contribution in [1.29, 1.82) is 0 Å². The van der Waals surface area contributed by atoms with Gasteiger partial charge in [0.2, 0.25) is 5.91 Å². The molecule has 2 aliphatic rings. The Balaban J connectivity index is 1.98. The van der Waals surface area contributed by atoms with Crippen LogP contribution in [0.2, 0.25) is 0 Å². The lowest BCUT2D eigenvalue weighted by Gasteiger charge is -2.35. The van der Waals surface area contributed by atoms with Gasteiger partial charge in [0.25, 0.3) is 0 Å². The standard InChI is InChI=1S/C15H29N3O/c1-5-15(4)14(19)18(13(3)16-15)12(2)11-17-9-7-6-8-10-17/h12-13,16H,5-11H2,1-4H3. The maximum atomic E-state index is 12.6. The third-order valence-corrected chi connectivity index (χ3v) is 4.80. The minimum atomic E-state index is -0.366. The minimum absolute atomic E-state index is 0.150. The molecular weight excluding hydrogens is 238 g/mol. The zero-order valence-electron chi connectivity index (χ0n) is 12.9. The van der Waals surface area contributed by atoms with Crippen LogP contribution in [0.5, 0.6) is 0 Å². The van der Waals surface area contributed by atoms with Crippen LogP contribution in [0.15, 0.2) is 0 Å². The lowest BCUT2D eigenvalue weighted by atomic mass is 9.99. The summed E-state index contributed by atoms with van der Waals surface area (Å²) in [4.78, 5) is 17.2. The molecule has 2 heterocycles. The van der Waals surface area contributed by atoms with E-state index in [9.17, 15) is 4.79 Å². The molecule has 0 radical (unpaired) electrons. The normalized spacial score (nSPS) is 34.8. The van der Waals surface area contributed by atoms with Gasteiger partial charge in [-0.05, 0) is 53.1 Å². The molecule has 2 fully saturated rings. The highest BCUT2D eigenvalue weighted by molar-refractivity contribution is 5.88. The summed E-state index contributed by atoms with van der Waals surface area (Å²) in [6.07, 6.45) is 4.97. The number of piperidine rings is 1. The Bertz CT molecular complexity index is 327. The van der Waals surface area contributed by atoms with Crippen molar-refractivity contribution in [2.75, 3.05) is 19.6 Å². The molecule has 1 N–H and O–H groups in total. The monoisotopic (exact) mass is 267 g/mol. The Kier molecular flexibility index (Phi) is 4.51. The molecule has 19 heavy (non-hydrogen) atoms. The van der Waals surface area contributed by atoms with E-state index in [1.54, 1.807) is 0 Å². The van der Waals surface area contributed by atoms with Crippen LogP contribution in [0.4, 0.5) is 0 Å². The fourth-order valence-electron chi connectivity index (χ4n) is 3.49. The lowest BCUT2D eigenvalue weighted by molar-refractivity contribution is -0.135. The molecule has 0 aromatic carbocycles. The molecule has 3 atom stereocenters. The number of amides is 1. The molecule has 0 aromatic heterocycles. The first-order valence-electron chi connectivity index (χ1n) is 7.81. The van der Waals surface area contributed by atoms with E-state index in [1.807, 2.05) is 6.92 Å². The van der Waals surface area contributed by atoms with Gasteiger partial charge in [0.1, 0.15) is 0 Å². The molecule has 0 aliphatic carbocycles. The second-order valence-corrected chi connectivity index (χ2v) is 6.43. The first kappa shape index (κ1) is 14.8. The van der Waals surface area contributed by atoms with Crippen molar-refractivity contribution in [2.24, 2.45) is 0 Å². The van der Waals surface area contributed by atoms with Crippen LogP contribution in [0, 0.1) is 0 Å². The third-order valence-electron chi connectivity index (χ3n) is 4.80. The number of nitrogens with zero attached hydrogens (tertiary/aromatic N) is 2. The predicted molar refractivity (Wildman–Crippen MR) is 77.9 cm³/mol. The highest BCUT2D eigenvalue weighted by Crippen LogP contribution is 2.25. The summed E-state index contributed by atoms with van der Waals surface area (Å²) in [7, 11) is 0. The first-order chi connectivity index (χ1) is 8.98. The van der Waals surface area contributed by atoms with Gasteiger partial charge >= 0.3 is 0 Å². The van der Waals surface area contributed by atoms with Crippen molar-refractivity contribution >= 4 is 5.91 Å². The molecule has 0 spiro atoms. The van der Waals surface area contributed by atoms with Crippen LogP contribution >= 0.6 is 0 Å². The van der Waals surface area contributed by atoms with E-state index in [2.05, 4.69) is 35.9 Å². The Morgan fingerprint density at radius 2 is 2.00 bits per heavy atom. The fourth-order valence-corrected chi connectivity index (χ4v) is 3.49. The van der Waals surface area contributed by atoms with Gasteiger partial charge in [0, 0.05) is 12.6 Å². The lowest BCUT2D eigenvalue weighted by Crippen LogP contribution is -2.49. The molecule has 2 rings (SSSR count). The summed E-state index contributed by atoms with van der Waals surface area (Å²) in [6.45, 7) is 11.8. The molecule has 0 bridgehead atoms. The molecule has 2 saturated heterocycles. The first-order valence-corrected chi connectivity index (χ1v) is 7.81. The molecule has 3 unspecified atom stereocenters. The molecule has 2 aliphatic heterocycles. The quantitative estimate of drug-likeness (QED) is 0.844. The maximum Gasteiger partial charge on any atom is 0.244 e. The Hall–Kier alpha value is -0.610. The average Bonchev–Trinajstić information content (AvgIpc) is 2.62. The number of carbonyl (C=O) groups is 1. The summed E-state index contributed by atoms with van der Waals surface area (Å²) in [5.41, 5.74) is -0.366. The van der Waals surface area contributed by atoms with Gasteiger partial charge in [0.05, 0.1) is 11.7 Å². The highest BCUT2D eigenvalue weighted by atomic mass is 16.2. The van der Waals surface area contributed by atoms with Crippen LogP contribution in [0.3, 0.4) is 0 Å². The molecule has 0 aromatic rings. The number of rotatable bonds is 4. The van der Waals surface area contributed by atoms with Gasteiger partial charge in [-0.15, -0.1) is 0 Å². The molecular formula is C15H29N3O. The van der Waals surface area contributed by atoms with Crippen molar-refractivity contribution in [2.45, 2.75) is 71.1 Å². The van der Waals surface area contributed by atoms with E-state index in [0.717, 1.165) is 13.0 Å². The SMILES string of the molecule is CCC1(C)NC(C)N(C(C)CN2CCCCC2)C1=O. The van der Waals surface area contributed by atoms with Crippen LogP contribution < -0.4 is 5.32 Å². The zero-order valence-corrected chi connectivity index (χ0v) is 12.9. The molecule has 110 valence electrons. The van der Waals surface area contributed by atoms with Gasteiger partial charge in [-0.1, -0.05) is 13.3 Å². The van der Waals surface area contributed by atoms with Gasteiger partial charge in [0.15, 0.2) is 0 Å². The van der Waals surface area contributed by atoms with Crippen LogP contribution in [-0.2, 0) is 4.79 Å². The number of hydrogen-bond donors (Lipinski definition) is 1. The minimum Gasteiger partial charge on any atom is -0.322 e. The topological polar surface area (TPSA) is 35.6 Å². The van der Waals surface area contributed by atoms with E-state index in [4.69, 9.17) is 0 Å². The van der Waals surface area contributed by atoms with Gasteiger partial charge in [-0.25, -0.2) is 0 Å². The number of nitrogens with one attached hydrogen (secondary N) is 1. The van der Waals surface area contributed by atoms with Crippen molar-refractivity contribution in [3.8, 4) is 0 Å². The van der Waals surface area contributed by atoms with E-state index in [1.165, 1.54) is 32.4 Å². The zero-order chi connectivity index (χ0) is 14.0. The largest absolute Gasteiger partial charge is 0.322 e. The fraction of sp³-hybridized carbons (Fsp3) is 0.933. The summed E-state index contributed by atoms with van der Waals surface area (Å²) >= 11 is 0. The van der Waals surface area contributed by atoms with Gasteiger partial charge < -0.3 is 9.80 Å². The van der Waals surface area contributed by atoms with Gasteiger partial charge in [-0.3, -0.25) is 10.1 Å². The summed E-state index contributed by atoms with van der Waals surface area (Å²) in [5, 5.41) is 3.46. The van der Waals surface area contributed by atoms with Crippen LogP contribution in [-0.4, -0.2) is 53.1 Å². The van der Waals surface area contributed by atoms with E-state index in [-0.39, 0.29) is 17.6 Å². The van der Waals surface area contributed by atoms with Crippen molar-refractivity contribution < 1.29 is 4.79 Å².